The van der Waals surface area contributed by atoms with Gasteiger partial charge in [-0.05, 0) is 72.4 Å². The molecular formula is C21H19NO5S. The molecule has 0 saturated heterocycles. The molecule has 0 amide bonds. The monoisotopic (exact) mass is 397 g/mol. The zero-order valence-electron chi connectivity index (χ0n) is 16.0. The summed E-state index contributed by atoms with van der Waals surface area (Å²) in [6, 6.07) is 8.84. The Morgan fingerprint density at radius 2 is 1.89 bits per heavy atom. The second-order valence-electron chi connectivity index (χ2n) is 7.01. The van der Waals surface area contributed by atoms with Gasteiger partial charge < -0.3 is 9.26 Å². The molecular weight excluding hydrogens is 378 g/mol. The number of aromatic nitrogens is 1. The molecule has 3 aromatic rings. The van der Waals surface area contributed by atoms with E-state index >= 15 is 0 Å². The van der Waals surface area contributed by atoms with Crippen LogP contribution in [-0.4, -0.2) is 32.9 Å². The van der Waals surface area contributed by atoms with Gasteiger partial charge in [-0.15, -0.1) is 0 Å². The molecule has 0 unspecified atom stereocenters. The zero-order valence-corrected chi connectivity index (χ0v) is 16.8. The number of nitrogens with zero attached hydrogens (tertiary/aromatic N) is 1. The Morgan fingerprint density at radius 1 is 1.14 bits per heavy atom. The van der Waals surface area contributed by atoms with E-state index in [9.17, 15) is 13.2 Å². The fourth-order valence-corrected chi connectivity index (χ4v) is 4.46. The van der Waals surface area contributed by atoms with Crippen molar-refractivity contribution in [1.29, 1.82) is 0 Å². The van der Waals surface area contributed by atoms with Gasteiger partial charge in [-0.1, -0.05) is 11.2 Å². The Labute approximate surface area is 163 Å². The first kappa shape index (κ1) is 18.4. The maximum absolute atomic E-state index is 12.5. The first-order chi connectivity index (χ1) is 13.2. The number of sulfone groups is 1. The van der Waals surface area contributed by atoms with Crippen LogP contribution in [0.15, 0.2) is 39.8 Å². The minimum Gasteiger partial charge on any atom is -0.465 e. The first-order valence-corrected chi connectivity index (χ1v) is 10.6. The van der Waals surface area contributed by atoms with Gasteiger partial charge in [-0.2, -0.15) is 0 Å². The predicted octanol–water partition coefficient (Wildman–Crippen LogP) is 3.72. The average molecular weight is 397 g/mol. The van der Waals surface area contributed by atoms with Gasteiger partial charge in [0.25, 0.3) is 0 Å². The van der Waals surface area contributed by atoms with Crippen molar-refractivity contribution in [2.45, 2.75) is 25.2 Å². The van der Waals surface area contributed by atoms with Gasteiger partial charge in [0.1, 0.15) is 5.76 Å². The second-order valence-corrected chi connectivity index (χ2v) is 9.02. The largest absolute Gasteiger partial charge is 0.465 e. The van der Waals surface area contributed by atoms with E-state index in [1.165, 1.54) is 13.4 Å². The highest BCUT2D eigenvalue weighted by Gasteiger charge is 2.28. The molecule has 144 valence electrons. The SMILES string of the molecule is COC(=O)c1cc(-c2c(C)noc2C)cc2c1Cc1ccc(S(C)(=O)=O)cc1-2. The molecule has 1 aliphatic carbocycles. The van der Waals surface area contributed by atoms with Crippen molar-refractivity contribution in [2.24, 2.45) is 0 Å². The number of carbonyl (C=O) groups is 1. The van der Waals surface area contributed by atoms with Crippen LogP contribution in [0, 0.1) is 13.8 Å². The highest BCUT2D eigenvalue weighted by atomic mass is 32.2. The van der Waals surface area contributed by atoms with Gasteiger partial charge in [-0.3, -0.25) is 0 Å². The van der Waals surface area contributed by atoms with E-state index in [0.29, 0.717) is 17.7 Å². The van der Waals surface area contributed by atoms with Gasteiger partial charge in [0, 0.05) is 11.8 Å². The number of aryl methyl sites for hydroxylation is 2. The zero-order chi connectivity index (χ0) is 20.2. The predicted molar refractivity (Wildman–Crippen MR) is 104 cm³/mol. The Bertz CT molecular complexity index is 1220. The molecule has 4 rings (SSSR count). The molecule has 0 aliphatic heterocycles. The third kappa shape index (κ3) is 2.82. The van der Waals surface area contributed by atoms with Crippen LogP contribution in [0.1, 0.15) is 32.9 Å². The van der Waals surface area contributed by atoms with E-state index < -0.39 is 15.8 Å². The van der Waals surface area contributed by atoms with E-state index in [0.717, 1.165) is 39.1 Å². The lowest BCUT2D eigenvalue weighted by molar-refractivity contribution is 0.0600. The number of fused-ring (bicyclic) bond motifs is 3. The Balaban J connectivity index is 2.01. The number of methoxy groups -OCH3 is 1. The summed E-state index contributed by atoms with van der Waals surface area (Å²) >= 11 is 0. The van der Waals surface area contributed by atoms with Crippen molar-refractivity contribution in [3.8, 4) is 22.3 Å². The van der Waals surface area contributed by atoms with Crippen LogP contribution >= 0.6 is 0 Å². The van der Waals surface area contributed by atoms with Crippen molar-refractivity contribution in [2.75, 3.05) is 13.4 Å². The highest BCUT2D eigenvalue weighted by molar-refractivity contribution is 7.90. The smallest absolute Gasteiger partial charge is 0.338 e. The molecule has 0 spiro atoms. The number of esters is 1. The summed E-state index contributed by atoms with van der Waals surface area (Å²) in [6.07, 6.45) is 1.73. The lowest BCUT2D eigenvalue weighted by atomic mass is 9.93. The van der Waals surface area contributed by atoms with E-state index in [1.807, 2.05) is 26.0 Å². The van der Waals surface area contributed by atoms with Crippen LogP contribution in [0.2, 0.25) is 0 Å². The van der Waals surface area contributed by atoms with Gasteiger partial charge >= 0.3 is 5.97 Å². The normalized spacial score (nSPS) is 12.6. The van der Waals surface area contributed by atoms with Crippen molar-refractivity contribution in [1.82, 2.24) is 5.16 Å². The van der Waals surface area contributed by atoms with E-state index in [4.69, 9.17) is 9.26 Å². The van der Waals surface area contributed by atoms with Crippen molar-refractivity contribution >= 4 is 15.8 Å². The number of hydrogen-bond donors (Lipinski definition) is 0. The maximum atomic E-state index is 12.5. The van der Waals surface area contributed by atoms with E-state index in [1.54, 1.807) is 18.2 Å². The molecule has 7 heteroatoms. The number of ether oxygens (including phenoxy) is 1. The maximum Gasteiger partial charge on any atom is 0.338 e. The molecule has 1 aromatic heterocycles. The summed E-state index contributed by atoms with van der Waals surface area (Å²) in [4.78, 5) is 12.7. The molecule has 6 nitrogen and oxygen atoms in total. The minimum atomic E-state index is -3.34. The summed E-state index contributed by atoms with van der Waals surface area (Å²) in [5, 5.41) is 4.00. The Kier molecular flexibility index (Phi) is 4.15. The topological polar surface area (TPSA) is 86.5 Å². The fraction of sp³-hybridized carbons (Fsp3) is 0.238. The molecule has 2 aromatic carbocycles. The van der Waals surface area contributed by atoms with Crippen LogP contribution in [-0.2, 0) is 21.0 Å². The van der Waals surface area contributed by atoms with Crippen LogP contribution in [0.5, 0.6) is 0 Å². The molecule has 0 fully saturated rings. The van der Waals surface area contributed by atoms with Gasteiger partial charge in [0.2, 0.25) is 0 Å². The lowest BCUT2D eigenvalue weighted by Crippen LogP contribution is -2.06. The molecule has 0 bridgehead atoms. The van der Waals surface area contributed by atoms with Crippen molar-refractivity contribution in [3.63, 3.8) is 0 Å². The molecule has 28 heavy (non-hydrogen) atoms. The second kappa shape index (κ2) is 6.31. The van der Waals surface area contributed by atoms with E-state index in [-0.39, 0.29) is 4.90 Å². The van der Waals surface area contributed by atoms with Gasteiger partial charge in [0.05, 0.1) is 23.3 Å². The summed E-state index contributed by atoms with van der Waals surface area (Å²) in [7, 11) is -1.99. The first-order valence-electron chi connectivity index (χ1n) is 8.72. The third-order valence-electron chi connectivity index (χ3n) is 5.14. The Morgan fingerprint density at radius 3 is 2.50 bits per heavy atom. The fourth-order valence-electron chi connectivity index (χ4n) is 3.82. The summed E-state index contributed by atoms with van der Waals surface area (Å²) in [6.45, 7) is 3.66. The standard InChI is InChI=1S/C21H19NO5S/c1-11-20(12(2)27-22-11)14-8-17-16-10-15(28(4,24)25)6-5-13(16)7-18(17)19(9-14)21(23)26-3/h5-6,8-10H,7H2,1-4H3. The van der Waals surface area contributed by atoms with Crippen LogP contribution in [0.25, 0.3) is 22.3 Å². The van der Waals surface area contributed by atoms with Gasteiger partial charge in [0.15, 0.2) is 9.84 Å². The minimum absolute atomic E-state index is 0.251. The highest BCUT2D eigenvalue weighted by Crippen LogP contribution is 2.43. The molecule has 0 N–H and O–H groups in total. The number of carbonyl (C=O) groups excluding carboxylic acids is 1. The molecule has 1 heterocycles. The Hall–Kier alpha value is -2.93. The summed E-state index contributed by atoms with van der Waals surface area (Å²) in [5.41, 5.74) is 6.25. The number of hydrogen-bond acceptors (Lipinski definition) is 6. The lowest BCUT2D eigenvalue weighted by Gasteiger charge is -2.11. The number of rotatable bonds is 3. The summed E-state index contributed by atoms with van der Waals surface area (Å²) < 4.78 is 34.3. The molecule has 0 saturated carbocycles. The van der Waals surface area contributed by atoms with Crippen molar-refractivity contribution in [3.05, 3.63) is 58.5 Å². The van der Waals surface area contributed by atoms with E-state index in [2.05, 4.69) is 5.16 Å². The van der Waals surface area contributed by atoms with Crippen molar-refractivity contribution < 1.29 is 22.5 Å². The van der Waals surface area contributed by atoms with Gasteiger partial charge in [-0.25, -0.2) is 13.2 Å². The van der Waals surface area contributed by atoms with Crippen LogP contribution < -0.4 is 0 Å². The van der Waals surface area contributed by atoms with Crippen LogP contribution in [0.3, 0.4) is 0 Å². The molecule has 0 atom stereocenters. The molecule has 1 aliphatic rings. The number of benzene rings is 2. The van der Waals surface area contributed by atoms with Crippen LogP contribution in [0.4, 0.5) is 0 Å². The average Bonchev–Trinajstić information content (AvgIpc) is 3.18. The molecule has 0 radical (unpaired) electrons. The summed E-state index contributed by atoms with van der Waals surface area (Å²) in [5.74, 6) is 0.220. The third-order valence-corrected chi connectivity index (χ3v) is 6.25. The quantitative estimate of drug-likeness (QED) is 0.490.